The zero-order valence-corrected chi connectivity index (χ0v) is 6.27. The summed E-state index contributed by atoms with van der Waals surface area (Å²) < 4.78 is 0. The van der Waals surface area contributed by atoms with Gasteiger partial charge in [-0.15, -0.1) is 0 Å². The molecule has 0 aromatic rings. The van der Waals surface area contributed by atoms with Crippen LogP contribution >= 0.6 is 0 Å². The second-order valence-electron chi connectivity index (χ2n) is 0. The molecule has 0 rings (SSSR count). The number of rotatable bonds is 0. The van der Waals surface area contributed by atoms with Gasteiger partial charge in [-0.2, -0.15) is 0 Å². The first-order valence-electron chi connectivity index (χ1n) is 0. The average molecular weight is 184 g/mol. The molecular weight excluding hydrogens is 175 g/mol. The van der Waals surface area contributed by atoms with Crippen LogP contribution in [0, 0.1) is 0 Å². The molecule has 0 heterocycles. The summed E-state index contributed by atoms with van der Waals surface area (Å²) >= 11 is 0. The molecule has 0 saturated carbocycles. The van der Waals surface area contributed by atoms with Crippen molar-refractivity contribution in [2.75, 3.05) is 0 Å². The van der Waals surface area contributed by atoms with Crippen LogP contribution in [0.15, 0.2) is 0 Å². The minimum Gasteiger partial charge on any atom is -1.00 e. The molecule has 0 aliphatic heterocycles. The summed E-state index contributed by atoms with van der Waals surface area (Å²) in [7, 11) is 0. The molecule has 9 heteroatoms. The first kappa shape index (κ1) is 3470. The van der Waals surface area contributed by atoms with Crippen molar-refractivity contribution in [3.63, 3.8) is 0 Å². The Bertz CT molecular complexity index is 9.22. The molecule has 0 aromatic heterocycles. The monoisotopic (exact) mass is 184 g/mol. The van der Waals surface area contributed by atoms with E-state index in [0.717, 1.165) is 0 Å². The van der Waals surface area contributed by atoms with Crippen LogP contribution in [0.4, 0.5) is 37.6 Å². The third kappa shape index (κ3) is 1810. The van der Waals surface area contributed by atoms with E-state index in [4.69, 9.17) is 0 Å². The van der Waals surface area contributed by atoms with E-state index in [1.165, 1.54) is 0 Å². The molecule has 0 aliphatic carbocycles. The van der Waals surface area contributed by atoms with Crippen molar-refractivity contribution in [3.05, 3.63) is 0 Å². The molecule has 0 spiro atoms. The molecule has 66 valence electrons. The fourth-order valence-corrected chi connectivity index (χ4v) is 0. The Balaban J connectivity index is 0. The summed E-state index contributed by atoms with van der Waals surface area (Å²) in [4.78, 5) is 0. The van der Waals surface area contributed by atoms with Crippen LogP contribution in [0.2, 0.25) is 0 Å². The van der Waals surface area contributed by atoms with Crippen LogP contribution in [0.1, 0.15) is 1.43 Å². The predicted molar refractivity (Wildman–Crippen MR) is 21.1 cm³/mol. The molecule has 0 saturated heterocycles. The van der Waals surface area contributed by atoms with Crippen molar-refractivity contribution in [3.8, 4) is 0 Å². The van der Waals surface area contributed by atoms with E-state index >= 15 is 0 Å². The molecular formula is H9F8Na. The maximum absolute atomic E-state index is 0. The van der Waals surface area contributed by atoms with Gasteiger partial charge in [0.05, 0.1) is 0 Å². The molecule has 0 aromatic carbocycles. The predicted octanol–water partition coefficient (Wildman–Crippen LogP) is -1.66. The minimum atomic E-state index is 0. The van der Waals surface area contributed by atoms with Crippen molar-refractivity contribution < 1.29 is 68.6 Å². The molecule has 0 bridgehead atoms. The van der Waals surface area contributed by atoms with Crippen LogP contribution in [0.25, 0.3) is 0 Å². The SMILES string of the molecule is F.F.F.F.F.F.F.F.[H-].[Na+]. The Labute approximate surface area is 69.1 Å². The molecule has 0 amide bonds. The van der Waals surface area contributed by atoms with Crippen molar-refractivity contribution in [2.24, 2.45) is 0 Å². The smallest absolute Gasteiger partial charge is 1.00 e. The van der Waals surface area contributed by atoms with Gasteiger partial charge in [-0.25, -0.2) is 0 Å². The van der Waals surface area contributed by atoms with Gasteiger partial charge in [-0.1, -0.05) is 0 Å². The van der Waals surface area contributed by atoms with Crippen LogP contribution in [-0.4, -0.2) is 0 Å². The van der Waals surface area contributed by atoms with Gasteiger partial charge in [0.25, 0.3) is 0 Å². The molecule has 0 unspecified atom stereocenters. The zero-order valence-electron chi connectivity index (χ0n) is 5.27. The third-order valence-electron chi connectivity index (χ3n) is 0. The quantitative estimate of drug-likeness (QED) is 0.312. The van der Waals surface area contributed by atoms with Crippen molar-refractivity contribution in [2.45, 2.75) is 0 Å². The number of hydrogen-bond donors (Lipinski definition) is 0. The van der Waals surface area contributed by atoms with Crippen LogP contribution in [-0.2, 0) is 0 Å². The number of halogens is 8. The zero-order chi connectivity index (χ0) is 0. The molecule has 0 atom stereocenters. The topological polar surface area (TPSA) is 0 Å². The first-order chi connectivity index (χ1) is 0. The summed E-state index contributed by atoms with van der Waals surface area (Å²) in [5.41, 5.74) is 0. The fourth-order valence-electron chi connectivity index (χ4n) is 0. The van der Waals surface area contributed by atoms with Gasteiger partial charge < -0.3 is 1.43 Å². The molecule has 0 aliphatic rings. The summed E-state index contributed by atoms with van der Waals surface area (Å²) in [6, 6.07) is 0. The number of hydrogen-bond acceptors (Lipinski definition) is 0. The Morgan fingerprint density at radius 1 is 0.333 bits per heavy atom. The van der Waals surface area contributed by atoms with E-state index in [-0.39, 0.29) is 68.6 Å². The summed E-state index contributed by atoms with van der Waals surface area (Å²) in [6.45, 7) is 0. The second kappa shape index (κ2) is 2410. The van der Waals surface area contributed by atoms with Crippen molar-refractivity contribution in [1.29, 1.82) is 0 Å². The van der Waals surface area contributed by atoms with Gasteiger partial charge in [0.2, 0.25) is 0 Å². The van der Waals surface area contributed by atoms with Crippen LogP contribution in [0.5, 0.6) is 0 Å². The van der Waals surface area contributed by atoms with Gasteiger partial charge in [-0.05, 0) is 0 Å². The first-order valence-corrected chi connectivity index (χ1v) is 0. The Hall–Kier alpha value is 0.440. The maximum atomic E-state index is 0. The maximum Gasteiger partial charge on any atom is 1.00 e. The van der Waals surface area contributed by atoms with E-state index in [0.29, 0.717) is 0 Å². The molecule has 0 fully saturated rings. The van der Waals surface area contributed by atoms with Crippen LogP contribution < -0.4 is 29.6 Å². The van der Waals surface area contributed by atoms with Gasteiger partial charge in [-0.3, -0.25) is 37.6 Å². The molecule has 0 radical (unpaired) electrons. The van der Waals surface area contributed by atoms with E-state index in [1.807, 2.05) is 0 Å². The fraction of sp³-hybridized carbons (Fsp3) is 0. The van der Waals surface area contributed by atoms with Gasteiger partial charge >= 0.3 is 29.6 Å². The Morgan fingerprint density at radius 3 is 0.333 bits per heavy atom. The van der Waals surface area contributed by atoms with Crippen molar-refractivity contribution >= 4 is 0 Å². The summed E-state index contributed by atoms with van der Waals surface area (Å²) in [5.74, 6) is 0. The largest absolute Gasteiger partial charge is 1.00 e. The average Bonchev–Trinajstić information content (AvgIpc) is 0. The standard InChI is InChI=1S/8FH.Na.H/h8*1H;;/q;;;;;;;;+1;-1. The van der Waals surface area contributed by atoms with Crippen LogP contribution in [0.3, 0.4) is 0 Å². The van der Waals surface area contributed by atoms with Crippen molar-refractivity contribution in [1.82, 2.24) is 0 Å². The third-order valence-corrected chi connectivity index (χ3v) is 0. The molecule has 0 N–H and O–H groups in total. The van der Waals surface area contributed by atoms with Gasteiger partial charge in [0.1, 0.15) is 0 Å². The molecule has 9 heavy (non-hydrogen) atoms. The van der Waals surface area contributed by atoms with Gasteiger partial charge in [0.15, 0.2) is 0 Å². The van der Waals surface area contributed by atoms with Gasteiger partial charge in [0, 0.05) is 0 Å². The van der Waals surface area contributed by atoms with E-state index in [2.05, 4.69) is 0 Å². The Kier molecular flexibility index (Phi) is 931000. The second-order valence-corrected chi connectivity index (χ2v) is 0. The van der Waals surface area contributed by atoms with E-state index in [1.54, 1.807) is 0 Å². The molecule has 0 nitrogen and oxygen atoms in total. The van der Waals surface area contributed by atoms with E-state index in [9.17, 15) is 0 Å². The summed E-state index contributed by atoms with van der Waals surface area (Å²) in [6.07, 6.45) is 0. The Morgan fingerprint density at radius 2 is 0.333 bits per heavy atom. The normalized spacial score (nSPS) is 0. The minimum absolute atomic E-state index is 0. The summed E-state index contributed by atoms with van der Waals surface area (Å²) in [5, 5.41) is 0. The van der Waals surface area contributed by atoms with E-state index < -0.39 is 0 Å².